The summed E-state index contributed by atoms with van der Waals surface area (Å²) in [4.78, 5) is 9.64. The minimum Gasteiger partial charge on any atom is -0.379 e. The quantitative estimate of drug-likeness (QED) is 0.224. The first-order chi connectivity index (χ1) is 15.6. The first-order valence-corrected chi connectivity index (χ1v) is 11.4. The summed E-state index contributed by atoms with van der Waals surface area (Å²) in [5, 5.41) is 16.3. The Morgan fingerprint density at radius 1 is 1.18 bits per heavy atom. The van der Waals surface area contributed by atoms with E-state index in [1.165, 1.54) is 0 Å². The van der Waals surface area contributed by atoms with Gasteiger partial charge in [-0.05, 0) is 19.9 Å². The van der Waals surface area contributed by atoms with Gasteiger partial charge in [-0.2, -0.15) is 5.10 Å². The summed E-state index contributed by atoms with van der Waals surface area (Å²) in [6.45, 7) is 10.2. The minimum absolute atomic E-state index is 0. The number of nitrogens with one attached hydrogen (secondary N) is 1. The van der Waals surface area contributed by atoms with E-state index < -0.39 is 0 Å². The van der Waals surface area contributed by atoms with Gasteiger partial charge in [0.25, 0.3) is 0 Å². The molecule has 2 saturated heterocycles. The summed E-state index contributed by atoms with van der Waals surface area (Å²) in [6, 6.07) is 0. The van der Waals surface area contributed by atoms with E-state index >= 15 is 0 Å². The molecule has 1 unspecified atom stereocenters. The van der Waals surface area contributed by atoms with Gasteiger partial charge in [-0.25, -0.2) is 4.99 Å². The molecule has 4 rings (SSSR count). The predicted molar refractivity (Wildman–Crippen MR) is 136 cm³/mol. The van der Waals surface area contributed by atoms with Gasteiger partial charge in [-0.1, -0.05) is 0 Å². The molecule has 0 radical (unpaired) electrons. The van der Waals surface area contributed by atoms with Gasteiger partial charge in [0.15, 0.2) is 11.8 Å². The zero-order valence-electron chi connectivity index (χ0n) is 19.8. The summed E-state index contributed by atoms with van der Waals surface area (Å²) in [5.74, 6) is 2.63. The van der Waals surface area contributed by atoms with Crippen LogP contribution in [0.4, 0.5) is 0 Å². The third-order valence-electron chi connectivity index (χ3n) is 6.05. The van der Waals surface area contributed by atoms with E-state index in [0.717, 1.165) is 82.1 Å². The van der Waals surface area contributed by atoms with Crippen LogP contribution in [0.5, 0.6) is 0 Å². The topological polar surface area (TPSA) is 97.9 Å². The second kappa shape index (κ2) is 12.6. The van der Waals surface area contributed by atoms with Crippen molar-refractivity contribution in [3.05, 3.63) is 29.6 Å². The molecule has 2 fully saturated rings. The first-order valence-electron chi connectivity index (χ1n) is 11.4. The zero-order chi connectivity index (χ0) is 22.3. The fraction of sp³-hybridized carbons (Fsp3) is 0.714. The van der Waals surface area contributed by atoms with Gasteiger partial charge in [0, 0.05) is 52.0 Å². The van der Waals surface area contributed by atoms with Crippen LogP contribution >= 0.6 is 24.0 Å². The van der Waals surface area contributed by atoms with Crippen LogP contribution < -0.4 is 5.32 Å². The number of aliphatic imine (C=N–C) groups is 1. The van der Waals surface area contributed by atoms with Crippen molar-refractivity contribution in [1.29, 1.82) is 0 Å². The Bertz CT molecular complexity index is 894. The second-order valence-corrected chi connectivity index (χ2v) is 8.35. The van der Waals surface area contributed by atoms with Crippen LogP contribution in [0, 0.1) is 6.92 Å². The lowest BCUT2D eigenvalue weighted by atomic mass is 10.1. The van der Waals surface area contributed by atoms with Crippen LogP contribution in [-0.2, 0) is 30.1 Å². The van der Waals surface area contributed by atoms with Gasteiger partial charge in [0.1, 0.15) is 18.5 Å². The molecule has 1 N–H and O–H groups in total. The lowest BCUT2D eigenvalue weighted by molar-refractivity contribution is -0.00811. The van der Waals surface area contributed by atoms with Gasteiger partial charge in [0.2, 0.25) is 0 Å². The van der Waals surface area contributed by atoms with Crippen molar-refractivity contribution in [2.24, 2.45) is 19.1 Å². The Morgan fingerprint density at radius 3 is 2.70 bits per heavy atom. The highest BCUT2D eigenvalue weighted by Gasteiger charge is 2.25. The summed E-state index contributed by atoms with van der Waals surface area (Å²) in [5.41, 5.74) is 1.09. The van der Waals surface area contributed by atoms with Crippen LogP contribution in [0.3, 0.4) is 0 Å². The van der Waals surface area contributed by atoms with E-state index in [1.807, 2.05) is 42.7 Å². The number of halogens is 1. The monoisotopic (exact) mass is 573 g/mol. The summed E-state index contributed by atoms with van der Waals surface area (Å²) in [7, 11) is 3.90. The molecule has 4 heterocycles. The van der Waals surface area contributed by atoms with Crippen molar-refractivity contribution in [1.82, 2.24) is 39.7 Å². The van der Waals surface area contributed by atoms with Crippen molar-refractivity contribution in [3.63, 3.8) is 0 Å². The fourth-order valence-corrected chi connectivity index (χ4v) is 3.98. The Balaban J connectivity index is 0.00000306. The van der Waals surface area contributed by atoms with Crippen LogP contribution in [0.15, 0.2) is 17.4 Å². The van der Waals surface area contributed by atoms with E-state index in [-0.39, 0.29) is 30.1 Å². The average molecular weight is 573 g/mol. The fourth-order valence-electron chi connectivity index (χ4n) is 3.98. The predicted octanol–water partition coefficient (Wildman–Crippen LogP) is 0.716. The molecular formula is C21H36IN9O2. The standard InChI is InChI=1S/C21H35N9O2.HI/c1-17-25-26-20(28(17)3)14-23-21(22-5-4-6-29-7-10-31-11-8-29)30-9-12-32-19(16-30)18-13-24-27(2)15-18;/h13,15,19H,4-12,14,16H2,1-3H3,(H,22,23);1H. The first kappa shape index (κ1) is 25.8. The van der Waals surface area contributed by atoms with Gasteiger partial charge in [-0.15, -0.1) is 34.2 Å². The highest BCUT2D eigenvalue weighted by atomic mass is 127. The number of nitrogens with zero attached hydrogens (tertiary/aromatic N) is 8. The average Bonchev–Trinajstić information content (AvgIpc) is 3.39. The van der Waals surface area contributed by atoms with E-state index in [2.05, 4.69) is 30.4 Å². The molecule has 0 amide bonds. The SMILES string of the molecule is Cc1nnc(CN=C(NCCCN2CCOCC2)N2CCOC(c3cnn(C)c3)C2)n1C.I. The second-order valence-electron chi connectivity index (χ2n) is 8.35. The van der Waals surface area contributed by atoms with Crippen molar-refractivity contribution >= 4 is 29.9 Å². The molecule has 0 aliphatic carbocycles. The van der Waals surface area contributed by atoms with Gasteiger partial charge in [-0.3, -0.25) is 9.58 Å². The molecule has 2 aromatic heterocycles. The molecule has 12 heteroatoms. The molecule has 33 heavy (non-hydrogen) atoms. The van der Waals surface area contributed by atoms with Crippen molar-refractivity contribution in [2.45, 2.75) is 26.0 Å². The molecule has 2 aliphatic heterocycles. The van der Waals surface area contributed by atoms with E-state index in [4.69, 9.17) is 14.5 Å². The molecule has 11 nitrogen and oxygen atoms in total. The molecular weight excluding hydrogens is 537 g/mol. The smallest absolute Gasteiger partial charge is 0.194 e. The number of aromatic nitrogens is 5. The Morgan fingerprint density at radius 2 is 2.00 bits per heavy atom. The van der Waals surface area contributed by atoms with Crippen LogP contribution in [-0.4, -0.2) is 99.4 Å². The number of ether oxygens (including phenoxy) is 2. The zero-order valence-corrected chi connectivity index (χ0v) is 22.1. The minimum atomic E-state index is -0.0186. The third kappa shape index (κ3) is 7.11. The number of aryl methyl sites for hydroxylation is 2. The van der Waals surface area contributed by atoms with E-state index in [1.54, 1.807) is 0 Å². The summed E-state index contributed by atoms with van der Waals surface area (Å²) in [6.07, 6.45) is 4.93. The van der Waals surface area contributed by atoms with Gasteiger partial charge < -0.3 is 24.3 Å². The van der Waals surface area contributed by atoms with Gasteiger partial charge in [0.05, 0.1) is 32.6 Å². The van der Waals surface area contributed by atoms with E-state index in [9.17, 15) is 0 Å². The summed E-state index contributed by atoms with van der Waals surface area (Å²) >= 11 is 0. The molecule has 0 aromatic carbocycles. The Labute approximate surface area is 212 Å². The maximum atomic E-state index is 6.03. The maximum absolute atomic E-state index is 6.03. The highest BCUT2D eigenvalue weighted by molar-refractivity contribution is 14.0. The van der Waals surface area contributed by atoms with Crippen molar-refractivity contribution < 1.29 is 9.47 Å². The molecule has 0 spiro atoms. The molecule has 0 saturated carbocycles. The summed E-state index contributed by atoms with van der Waals surface area (Å²) < 4.78 is 15.3. The van der Waals surface area contributed by atoms with Crippen molar-refractivity contribution in [2.75, 3.05) is 59.1 Å². The lowest BCUT2D eigenvalue weighted by Crippen LogP contribution is -2.48. The molecule has 2 aromatic rings. The number of morpholine rings is 2. The van der Waals surface area contributed by atoms with Crippen molar-refractivity contribution in [3.8, 4) is 0 Å². The lowest BCUT2D eigenvalue weighted by Gasteiger charge is -2.35. The van der Waals surface area contributed by atoms with Crippen LogP contribution in [0.2, 0.25) is 0 Å². The molecule has 184 valence electrons. The van der Waals surface area contributed by atoms with Gasteiger partial charge >= 0.3 is 0 Å². The molecule has 1 atom stereocenters. The number of rotatable bonds is 7. The Hall–Kier alpha value is -1.77. The molecule has 2 aliphatic rings. The normalized spacial score (nSPS) is 20.0. The number of guanidine groups is 1. The Kier molecular flexibility index (Phi) is 9.89. The third-order valence-corrected chi connectivity index (χ3v) is 6.05. The largest absolute Gasteiger partial charge is 0.379 e. The maximum Gasteiger partial charge on any atom is 0.194 e. The van der Waals surface area contributed by atoms with E-state index in [0.29, 0.717) is 13.2 Å². The van der Waals surface area contributed by atoms with Crippen LogP contribution in [0.25, 0.3) is 0 Å². The molecule has 0 bridgehead atoms. The number of hydrogen-bond acceptors (Lipinski definition) is 7. The highest BCUT2D eigenvalue weighted by Crippen LogP contribution is 2.21. The number of hydrogen-bond donors (Lipinski definition) is 1. The van der Waals surface area contributed by atoms with Crippen LogP contribution in [0.1, 0.15) is 29.7 Å².